The van der Waals surface area contributed by atoms with Gasteiger partial charge in [-0.15, -0.1) is 0 Å². The topological polar surface area (TPSA) is 52.6 Å². The fourth-order valence-corrected chi connectivity index (χ4v) is 1.87. The summed E-state index contributed by atoms with van der Waals surface area (Å²) in [4.78, 5) is 23.0. The van der Waals surface area contributed by atoms with Crippen LogP contribution in [0, 0.1) is 10.8 Å². The summed E-state index contributed by atoms with van der Waals surface area (Å²) in [6.45, 7) is 0. The van der Waals surface area contributed by atoms with Crippen LogP contribution in [0.15, 0.2) is 12.2 Å². The van der Waals surface area contributed by atoms with Crippen molar-refractivity contribution < 1.29 is 19.1 Å². The molecule has 4 heteroatoms. The zero-order valence-electron chi connectivity index (χ0n) is 9.62. The molecule has 2 fully saturated rings. The minimum absolute atomic E-state index is 0.204. The van der Waals surface area contributed by atoms with Crippen LogP contribution in [0.5, 0.6) is 0 Å². The Morgan fingerprint density at radius 3 is 1.38 bits per heavy atom. The lowest BCUT2D eigenvalue weighted by atomic mass is 10.0. The second kappa shape index (κ2) is 3.61. The number of esters is 2. The normalized spacial score (nSPS) is 23.9. The van der Waals surface area contributed by atoms with Crippen molar-refractivity contribution in [2.24, 2.45) is 10.8 Å². The van der Waals surface area contributed by atoms with Crippen LogP contribution in [-0.2, 0) is 19.1 Å². The highest BCUT2D eigenvalue weighted by atomic mass is 16.5. The first-order valence-electron chi connectivity index (χ1n) is 5.46. The Balaban J connectivity index is 2.05. The third-order valence-corrected chi connectivity index (χ3v) is 3.48. The molecule has 2 aliphatic carbocycles. The Morgan fingerprint density at radius 1 is 0.875 bits per heavy atom. The Morgan fingerprint density at radius 2 is 1.19 bits per heavy atom. The monoisotopic (exact) mass is 224 g/mol. The molecule has 88 valence electrons. The third kappa shape index (κ3) is 1.72. The van der Waals surface area contributed by atoms with Gasteiger partial charge in [0.15, 0.2) is 0 Å². The van der Waals surface area contributed by atoms with Crippen LogP contribution < -0.4 is 0 Å². The van der Waals surface area contributed by atoms with Crippen molar-refractivity contribution in [1.82, 2.24) is 0 Å². The van der Waals surface area contributed by atoms with E-state index in [9.17, 15) is 9.59 Å². The van der Waals surface area contributed by atoms with Gasteiger partial charge < -0.3 is 9.47 Å². The summed E-state index contributed by atoms with van der Waals surface area (Å²) in [6, 6.07) is 0. The van der Waals surface area contributed by atoms with E-state index in [-0.39, 0.29) is 11.9 Å². The number of ether oxygens (including phenoxy) is 2. The Labute approximate surface area is 94.6 Å². The fourth-order valence-electron chi connectivity index (χ4n) is 1.87. The maximum atomic E-state index is 11.5. The van der Waals surface area contributed by atoms with Crippen molar-refractivity contribution in [1.29, 1.82) is 0 Å². The van der Waals surface area contributed by atoms with Gasteiger partial charge in [-0.25, -0.2) is 0 Å². The van der Waals surface area contributed by atoms with Gasteiger partial charge >= 0.3 is 11.9 Å². The molecule has 2 saturated carbocycles. The van der Waals surface area contributed by atoms with E-state index in [1.807, 2.05) is 12.2 Å². The minimum Gasteiger partial charge on any atom is -0.468 e. The van der Waals surface area contributed by atoms with Crippen LogP contribution in [0.1, 0.15) is 25.7 Å². The molecule has 0 amide bonds. The summed E-state index contributed by atoms with van der Waals surface area (Å²) < 4.78 is 9.49. The molecular weight excluding hydrogens is 208 g/mol. The predicted octanol–water partition coefficient (Wildman–Crippen LogP) is 1.45. The van der Waals surface area contributed by atoms with E-state index in [1.165, 1.54) is 14.2 Å². The van der Waals surface area contributed by atoms with E-state index >= 15 is 0 Å². The van der Waals surface area contributed by atoms with Gasteiger partial charge in [-0.1, -0.05) is 12.2 Å². The molecule has 0 spiro atoms. The van der Waals surface area contributed by atoms with Crippen molar-refractivity contribution in [3.8, 4) is 0 Å². The second-order valence-corrected chi connectivity index (χ2v) is 4.63. The van der Waals surface area contributed by atoms with Crippen LogP contribution in [0.4, 0.5) is 0 Å². The van der Waals surface area contributed by atoms with Crippen molar-refractivity contribution in [2.45, 2.75) is 25.7 Å². The molecule has 4 nitrogen and oxygen atoms in total. The average Bonchev–Trinajstić information content (AvgIpc) is 3.18. The van der Waals surface area contributed by atoms with Crippen LogP contribution in [0.25, 0.3) is 0 Å². The molecule has 0 atom stereocenters. The number of carbonyl (C=O) groups is 2. The quantitative estimate of drug-likeness (QED) is 0.535. The van der Waals surface area contributed by atoms with Gasteiger partial charge in [0.1, 0.15) is 0 Å². The first-order chi connectivity index (χ1) is 7.58. The predicted molar refractivity (Wildman–Crippen MR) is 56.5 cm³/mol. The molecule has 0 aromatic carbocycles. The fraction of sp³-hybridized carbons (Fsp3) is 0.667. The summed E-state index contributed by atoms with van der Waals surface area (Å²) in [7, 11) is 2.78. The maximum absolute atomic E-state index is 11.5. The molecule has 2 rings (SSSR count). The molecule has 0 bridgehead atoms. The molecule has 0 unspecified atom stereocenters. The van der Waals surface area contributed by atoms with E-state index in [4.69, 9.17) is 9.47 Å². The van der Waals surface area contributed by atoms with Crippen molar-refractivity contribution in [2.75, 3.05) is 14.2 Å². The molecule has 0 N–H and O–H groups in total. The number of rotatable bonds is 4. The van der Waals surface area contributed by atoms with E-state index < -0.39 is 10.8 Å². The number of carbonyl (C=O) groups excluding carboxylic acids is 2. The standard InChI is InChI=1S/C12H16O4/c1-15-9(13)11(3-4-11)7-8-12(5-6-12)10(14)16-2/h7-8H,3-6H2,1-2H3. The van der Waals surface area contributed by atoms with Crippen LogP contribution in [0.2, 0.25) is 0 Å². The molecule has 0 aromatic heterocycles. The largest absolute Gasteiger partial charge is 0.468 e. The van der Waals surface area contributed by atoms with E-state index in [2.05, 4.69) is 0 Å². The van der Waals surface area contributed by atoms with Crippen molar-refractivity contribution in [3.63, 3.8) is 0 Å². The molecule has 16 heavy (non-hydrogen) atoms. The van der Waals surface area contributed by atoms with Gasteiger partial charge in [0, 0.05) is 0 Å². The minimum atomic E-state index is -0.460. The highest BCUT2D eigenvalue weighted by Crippen LogP contribution is 2.53. The summed E-state index contributed by atoms with van der Waals surface area (Å²) in [5, 5.41) is 0. The Bertz CT molecular complexity index is 314. The summed E-state index contributed by atoms with van der Waals surface area (Å²) in [6.07, 6.45) is 6.92. The molecule has 0 aromatic rings. The summed E-state index contributed by atoms with van der Waals surface area (Å²) >= 11 is 0. The lowest BCUT2D eigenvalue weighted by molar-refractivity contribution is -0.146. The van der Waals surface area contributed by atoms with E-state index in [0.29, 0.717) is 0 Å². The maximum Gasteiger partial charge on any atom is 0.315 e. The smallest absolute Gasteiger partial charge is 0.315 e. The zero-order valence-corrected chi connectivity index (χ0v) is 9.62. The van der Waals surface area contributed by atoms with Crippen molar-refractivity contribution >= 4 is 11.9 Å². The lowest BCUT2D eigenvalue weighted by Gasteiger charge is -2.10. The van der Waals surface area contributed by atoms with Gasteiger partial charge in [-0.05, 0) is 25.7 Å². The van der Waals surface area contributed by atoms with Gasteiger partial charge in [0.2, 0.25) is 0 Å². The number of hydrogen-bond donors (Lipinski definition) is 0. The number of methoxy groups -OCH3 is 2. The van der Waals surface area contributed by atoms with Gasteiger partial charge in [0.05, 0.1) is 25.0 Å². The third-order valence-electron chi connectivity index (χ3n) is 3.48. The molecule has 0 radical (unpaired) electrons. The molecular formula is C12H16O4. The Hall–Kier alpha value is -1.32. The molecule has 0 saturated heterocycles. The zero-order chi connectivity index (χ0) is 11.8. The van der Waals surface area contributed by atoms with Crippen LogP contribution in [0.3, 0.4) is 0 Å². The van der Waals surface area contributed by atoms with E-state index in [0.717, 1.165) is 25.7 Å². The number of hydrogen-bond acceptors (Lipinski definition) is 4. The highest BCUT2D eigenvalue weighted by Gasteiger charge is 2.53. The molecule has 0 heterocycles. The first kappa shape index (κ1) is 11.2. The van der Waals surface area contributed by atoms with Crippen LogP contribution >= 0.6 is 0 Å². The Kier molecular flexibility index (Phi) is 2.52. The highest BCUT2D eigenvalue weighted by molar-refractivity contribution is 5.84. The summed E-state index contributed by atoms with van der Waals surface area (Å²) in [5.74, 6) is -0.408. The van der Waals surface area contributed by atoms with Gasteiger partial charge in [0.25, 0.3) is 0 Å². The second-order valence-electron chi connectivity index (χ2n) is 4.63. The molecule has 2 aliphatic rings. The lowest BCUT2D eigenvalue weighted by Crippen LogP contribution is -2.18. The van der Waals surface area contributed by atoms with Gasteiger partial charge in [-0.2, -0.15) is 0 Å². The van der Waals surface area contributed by atoms with Crippen LogP contribution in [-0.4, -0.2) is 26.2 Å². The van der Waals surface area contributed by atoms with Crippen molar-refractivity contribution in [3.05, 3.63) is 12.2 Å². The first-order valence-corrected chi connectivity index (χ1v) is 5.46. The SMILES string of the molecule is COC(=O)C1(C=CC2(C(=O)OC)CC2)CC1. The summed E-state index contributed by atoms with van der Waals surface area (Å²) in [5.41, 5.74) is -0.920. The van der Waals surface area contributed by atoms with Gasteiger partial charge in [-0.3, -0.25) is 9.59 Å². The average molecular weight is 224 g/mol. The molecule has 0 aliphatic heterocycles. The van der Waals surface area contributed by atoms with E-state index in [1.54, 1.807) is 0 Å².